The minimum atomic E-state index is -0.884. The number of hydrogen-bond donors (Lipinski definition) is 0. The van der Waals surface area contributed by atoms with Crippen molar-refractivity contribution in [3.05, 3.63) is 113 Å². The lowest BCUT2D eigenvalue weighted by atomic mass is 9.85. The van der Waals surface area contributed by atoms with Crippen molar-refractivity contribution in [1.82, 2.24) is 0 Å². The van der Waals surface area contributed by atoms with Crippen LogP contribution in [0.3, 0.4) is 0 Å². The molecule has 0 aromatic heterocycles. The van der Waals surface area contributed by atoms with Gasteiger partial charge in [0.1, 0.15) is 0 Å². The molecule has 0 saturated carbocycles. The van der Waals surface area contributed by atoms with Crippen molar-refractivity contribution in [3.8, 4) is 0 Å². The molecule has 0 fully saturated rings. The average Bonchev–Trinajstić information content (AvgIpc) is 2.95. The van der Waals surface area contributed by atoms with Gasteiger partial charge in [-0.2, -0.15) is 0 Å². The van der Waals surface area contributed by atoms with Gasteiger partial charge in [-0.25, -0.2) is 4.79 Å². The molecule has 0 radical (unpaired) electrons. The Morgan fingerprint density at radius 1 is 0.750 bits per heavy atom. The van der Waals surface area contributed by atoms with Crippen LogP contribution in [0.25, 0.3) is 6.08 Å². The number of hydrogen-bond acceptors (Lipinski definition) is 2. The Morgan fingerprint density at radius 3 is 2.12 bits per heavy atom. The van der Waals surface area contributed by atoms with Crippen LogP contribution in [0.1, 0.15) is 27.0 Å². The van der Waals surface area contributed by atoms with Gasteiger partial charge in [-0.1, -0.05) is 84.9 Å². The molecule has 2 nitrogen and oxygen atoms in total. The SMILES string of the molecule is O=C1OC(/C=C/c2ccccc2)(c2ccccc2)c2ccccc21. The lowest BCUT2D eigenvalue weighted by molar-refractivity contribution is 0.0277. The largest absolute Gasteiger partial charge is 0.441 e. The summed E-state index contributed by atoms with van der Waals surface area (Å²) in [4.78, 5) is 12.4. The van der Waals surface area contributed by atoms with Crippen molar-refractivity contribution in [1.29, 1.82) is 0 Å². The molecule has 0 saturated heterocycles. The Balaban J connectivity index is 1.90. The summed E-state index contributed by atoms with van der Waals surface area (Å²) < 4.78 is 5.90. The van der Waals surface area contributed by atoms with E-state index >= 15 is 0 Å². The number of carbonyl (C=O) groups excluding carboxylic acids is 1. The summed E-state index contributed by atoms with van der Waals surface area (Å²) in [6.45, 7) is 0. The van der Waals surface area contributed by atoms with Crippen LogP contribution in [0.5, 0.6) is 0 Å². The van der Waals surface area contributed by atoms with Crippen molar-refractivity contribution in [2.45, 2.75) is 5.60 Å². The number of ether oxygens (including phenoxy) is 1. The molecular formula is C22H16O2. The Kier molecular flexibility index (Phi) is 3.51. The van der Waals surface area contributed by atoms with Crippen LogP contribution in [0.15, 0.2) is 91.0 Å². The van der Waals surface area contributed by atoms with Gasteiger partial charge in [-0.15, -0.1) is 0 Å². The van der Waals surface area contributed by atoms with Gasteiger partial charge in [0.2, 0.25) is 0 Å². The Labute approximate surface area is 141 Å². The average molecular weight is 312 g/mol. The van der Waals surface area contributed by atoms with E-state index in [0.29, 0.717) is 5.56 Å². The lowest BCUT2D eigenvalue weighted by Crippen LogP contribution is -2.25. The van der Waals surface area contributed by atoms with Gasteiger partial charge < -0.3 is 4.74 Å². The van der Waals surface area contributed by atoms with E-state index in [9.17, 15) is 4.79 Å². The summed E-state index contributed by atoms with van der Waals surface area (Å²) in [6, 6.07) is 27.5. The lowest BCUT2D eigenvalue weighted by Gasteiger charge is -2.26. The first-order valence-electron chi connectivity index (χ1n) is 7.92. The molecule has 0 amide bonds. The van der Waals surface area contributed by atoms with Crippen molar-refractivity contribution < 1.29 is 9.53 Å². The normalized spacial score (nSPS) is 19.2. The Hall–Kier alpha value is -3.13. The first-order valence-corrected chi connectivity index (χ1v) is 7.92. The number of rotatable bonds is 3. The molecule has 0 spiro atoms. The molecule has 3 aromatic rings. The summed E-state index contributed by atoms with van der Waals surface area (Å²) in [6.07, 6.45) is 3.98. The van der Waals surface area contributed by atoms with Crippen molar-refractivity contribution in [3.63, 3.8) is 0 Å². The predicted octanol–water partition coefficient (Wildman–Crippen LogP) is 4.81. The maximum absolute atomic E-state index is 12.4. The molecule has 2 heteroatoms. The number of cyclic esters (lactones) is 1. The quantitative estimate of drug-likeness (QED) is 0.648. The van der Waals surface area contributed by atoms with Crippen LogP contribution in [-0.4, -0.2) is 5.97 Å². The van der Waals surface area contributed by atoms with Gasteiger partial charge in [0.05, 0.1) is 5.56 Å². The molecule has 1 aliphatic heterocycles. The number of fused-ring (bicyclic) bond motifs is 1. The fraction of sp³-hybridized carbons (Fsp3) is 0.0455. The molecule has 3 aromatic carbocycles. The van der Waals surface area contributed by atoms with Crippen LogP contribution < -0.4 is 0 Å². The second kappa shape index (κ2) is 5.82. The van der Waals surface area contributed by atoms with Crippen LogP contribution in [0.2, 0.25) is 0 Å². The topological polar surface area (TPSA) is 26.3 Å². The third-order valence-electron chi connectivity index (χ3n) is 4.31. The third-order valence-corrected chi connectivity index (χ3v) is 4.31. The van der Waals surface area contributed by atoms with Gasteiger partial charge >= 0.3 is 5.97 Å². The second-order valence-corrected chi connectivity index (χ2v) is 5.78. The Morgan fingerprint density at radius 2 is 1.38 bits per heavy atom. The minimum absolute atomic E-state index is 0.285. The predicted molar refractivity (Wildman–Crippen MR) is 94.6 cm³/mol. The van der Waals surface area contributed by atoms with Gasteiger partial charge in [-0.05, 0) is 17.7 Å². The van der Waals surface area contributed by atoms with Crippen molar-refractivity contribution in [2.75, 3.05) is 0 Å². The summed E-state index contributed by atoms with van der Waals surface area (Å²) in [7, 11) is 0. The molecule has 116 valence electrons. The van der Waals surface area contributed by atoms with E-state index < -0.39 is 5.60 Å². The minimum Gasteiger partial charge on any atom is -0.441 e. The monoisotopic (exact) mass is 312 g/mol. The highest BCUT2D eigenvalue weighted by molar-refractivity contribution is 5.96. The number of esters is 1. The molecule has 1 heterocycles. The van der Waals surface area contributed by atoms with E-state index in [4.69, 9.17) is 4.74 Å². The molecule has 0 N–H and O–H groups in total. The first kappa shape index (κ1) is 14.5. The summed E-state index contributed by atoms with van der Waals surface area (Å²) >= 11 is 0. The van der Waals surface area contributed by atoms with Crippen LogP contribution >= 0.6 is 0 Å². The molecule has 0 bridgehead atoms. The Bertz CT molecular complexity index is 898. The fourth-order valence-corrected chi connectivity index (χ4v) is 3.14. The van der Waals surface area contributed by atoms with Crippen LogP contribution in [0, 0.1) is 0 Å². The van der Waals surface area contributed by atoms with E-state index in [0.717, 1.165) is 16.7 Å². The smallest absolute Gasteiger partial charge is 0.340 e. The highest BCUT2D eigenvalue weighted by Gasteiger charge is 2.44. The van der Waals surface area contributed by atoms with E-state index in [1.165, 1.54) is 0 Å². The van der Waals surface area contributed by atoms with E-state index in [2.05, 4.69) is 0 Å². The summed E-state index contributed by atoms with van der Waals surface area (Å²) in [5.41, 5.74) is 2.63. The van der Waals surface area contributed by atoms with Gasteiger partial charge in [0, 0.05) is 11.1 Å². The third kappa shape index (κ3) is 2.33. The zero-order chi connectivity index (χ0) is 16.4. The summed E-state index contributed by atoms with van der Waals surface area (Å²) in [5.74, 6) is -0.285. The highest BCUT2D eigenvalue weighted by atomic mass is 16.6. The molecule has 1 atom stereocenters. The highest BCUT2D eigenvalue weighted by Crippen LogP contribution is 2.43. The zero-order valence-corrected chi connectivity index (χ0v) is 13.1. The maximum atomic E-state index is 12.4. The van der Waals surface area contributed by atoms with E-state index in [-0.39, 0.29) is 5.97 Å². The van der Waals surface area contributed by atoms with E-state index in [1.807, 2.05) is 97.1 Å². The fourth-order valence-electron chi connectivity index (χ4n) is 3.14. The van der Waals surface area contributed by atoms with Crippen LogP contribution in [0.4, 0.5) is 0 Å². The number of carbonyl (C=O) groups is 1. The summed E-state index contributed by atoms with van der Waals surface area (Å²) in [5, 5.41) is 0. The molecule has 1 unspecified atom stereocenters. The van der Waals surface area contributed by atoms with Crippen molar-refractivity contribution in [2.24, 2.45) is 0 Å². The van der Waals surface area contributed by atoms with Crippen molar-refractivity contribution >= 4 is 12.0 Å². The maximum Gasteiger partial charge on any atom is 0.340 e. The molecule has 24 heavy (non-hydrogen) atoms. The van der Waals surface area contributed by atoms with Gasteiger partial charge in [0.25, 0.3) is 0 Å². The zero-order valence-electron chi connectivity index (χ0n) is 13.1. The molecule has 4 rings (SSSR count). The van der Waals surface area contributed by atoms with Crippen LogP contribution in [-0.2, 0) is 10.3 Å². The molecule has 1 aliphatic rings. The van der Waals surface area contributed by atoms with E-state index in [1.54, 1.807) is 0 Å². The molecule has 0 aliphatic carbocycles. The van der Waals surface area contributed by atoms with Gasteiger partial charge in [0.15, 0.2) is 5.60 Å². The second-order valence-electron chi connectivity index (χ2n) is 5.78. The first-order chi connectivity index (χ1) is 11.8. The van der Waals surface area contributed by atoms with Gasteiger partial charge in [-0.3, -0.25) is 0 Å². The molecular weight excluding hydrogens is 296 g/mol. The number of benzene rings is 3. The standard InChI is InChI=1S/C22H16O2/c23-21-19-13-7-8-14-20(19)22(24-21,18-11-5-2-6-12-18)16-15-17-9-3-1-4-10-17/h1-16H/b16-15+.